The second kappa shape index (κ2) is 7.64. The molecule has 2 aliphatic heterocycles. The Balaban J connectivity index is 1.47. The van der Waals surface area contributed by atoms with Crippen molar-refractivity contribution in [3.63, 3.8) is 0 Å². The summed E-state index contributed by atoms with van der Waals surface area (Å²) in [6.45, 7) is 0.786. The fourth-order valence-corrected chi connectivity index (χ4v) is 3.26. The summed E-state index contributed by atoms with van der Waals surface area (Å²) < 4.78 is 23.6. The van der Waals surface area contributed by atoms with Gasteiger partial charge in [-0.2, -0.15) is 0 Å². The van der Waals surface area contributed by atoms with Gasteiger partial charge in [0.1, 0.15) is 12.2 Å². The van der Waals surface area contributed by atoms with Gasteiger partial charge in [-0.1, -0.05) is 60.7 Å². The number of aliphatic hydroxyl groups excluding tert-OH is 1. The molecular weight excluding hydrogens is 320 g/mol. The summed E-state index contributed by atoms with van der Waals surface area (Å²) in [5, 5.41) is 10.4. The molecule has 25 heavy (non-hydrogen) atoms. The van der Waals surface area contributed by atoms with Crippen molar-refractivity contribution in [2.45, 2.75) is 37.3 Å². The van der Waals surface area contributed by atoms with Crippen molar-refractivity contribution >= 4 is 0 Å². The van der Waals surface area contributed by atoms with E-state index in [1.807, 2.05) is 60.7 Å². The zero-order valence-corrected chi connectivity index (χ0v) is 13.9. The molecule has 5 nitrogen and oxygen atoms in total. The van der Waals surface area contributed by atoms with Crippen LogP contribution in [-0.2, 0) is 18.9 Å². The van der Waals surface area contributed by atoms with Gasteiger partial charge in [-0.25, -0.2) is 0 Å². The van der Waals surface area contributed by atoms with Gasteiger partial charge in [0.2, 0.25) is 0 Å². The Labute approximate surface area is 147 Å². The monoisotopic (exact) mass is 342 g/mol. The van der Waals surface area contributed by atoms with Gasteiger partial charge < -0.3 is 24.1 Å². The summed E-state index contributed by atoms with van der Waals surface area (Å²) >= 11 is 0. The molecule has 1 N–H and O–H groups in total. The first-order chi connectivity index (χ1) is 12.3. The first kappa shape index (κ1) is 16.7. The van der Waals surface area contributed by atoms with Crippen LogP contribution in [0.2, 0.25) is 0 Å². The summed E-state index contributed by atoms with van der Waals surface area (Å²) in [7, 11) is 0. The van der Waals surface area contributed by atoms with Crippen molar-refractivity contribution < 1.29 is 24.1 Å². The molecule has 0 aliphatic carbocycles. The maximum atomic E-state index is 10.4. The van der Waals surface area contributed by atoms with E-state index in [4.69, 9.17) is 18.9 Å². The average molecular weight is 342 g/mol. The predicted molar refractivity (Wildman–Crippen MR) is 90.6 cm³/mol. The average Bonchev–Trinajstić information content (AvgIpc) is 2.70. The summed E-state index contributed by atoms with van der Waals surface area (Å²) in [4.78, 5) is 0. The minimum atomic E-state index is -0.723. The Morgan fingerprint density at radius 1 is 0.760 bits per heavy atom. The molecule has 0 amide bonds. The van der Waals surface area contributed by atoms with Crippen LogP contribution in [0.4, 0.5) is 0 Å². The van der Waals surface area contributed by atoms with Crippen LogP contribution in [0, 0.1) is 0 Å². The molecule has 2 fully saturated rings. The number of benzene rings is 2. The molecular formula is C20H22O5. The predicted octanol–water partition coefficient (Wildman–Crippen LogP) is 2.97. The standard InChI is InChI=1S/C20H22O5/c21-16-13-23-20(15-9-5-2-6-10-15)25-18(16)17-11-12-22-19(24-17)14-7-3-1-4-8-14/h1-10,16-21H,11-13H2/t16-,17?,18?,19+,20+/m0/s1. The Morgan fingerprint density at radius 3 is 2.00 bits per heavy atom. The highest BCUT2D eigenvalue weighted by molar-refractivity contribution is 5.17. The van der Waals surface area contributed by atoms with E-state index in [2.05, 4.69) is 0 Å². The molecule has 0 bridgehead atoms. The first-order valence-corrected chi connectivity index (χ1v) is 8.63. The number of aliphatic hydroxyl groups is 1. The van der Waals surface area contributed by atoms with Crippen LogP contribution in [0.25, 0.3) is 0 Å². The van der Waals surface area contributed by atoms with Gasteiger partial charge in [0, 0.05) is 11.1 Å². The van der Waals surface area contributed by atoms with E-state index in [0.717, 1.165) is 11.1 Å². The van der Waals surface area contributed by atoms with E-state index in [1.54, 1.807) is 0 Å². The van der Waals surface area contributed by atoms with Gasteiger partial charge in [0.05, 0.1) is 19.3 Å². The van der Waals surface area contributed by atoms with Crippen LogP contribution in [0.1, 0.15) is 30.1 Å². The molecule has 2 unspecified atom stereocenters. The minimum absolute atomic E-state index is 0.223. The Bertz CT molecular complexity index is 662. The summed E-state index contributed by atoms with van der Waals surface area (Å²) in [5.74, 6) is 0. The van der Waals surface area contributed by atoms with Crippen LogP contribution < -0.4 is 0 Å². The normalized spacial score (nSPS) is 33.1. The number of hydrogen-bond acceptors (Lipinski definition) is 5. The number of hydrogen-bond donors (Lipinski definition) is 1. The second-order valence-corrected chi connectivity index (χ2v) is 6.32. The maximum absolute atomic E-state index is 10.4. The third-order valence-electron chi connectivity index (χ3n) is 4.56. The van der Waals surface area contributed by atoms with E-state index in [9.17, 15) is 5.11 Å². The molecule has 4 rings (SSSR count). The zero-order valence-electron chi connectivity index (χ0n) is 13.9. The van der Waals surface area contributed by atoms with E-state index in [1.165, 1.54) is 0 Å². The van der Waals surface area contributed by atoms with Crippen molar-refractivity contribution in [3.05, 3.63) is 71.8 Å². The third kappa shape index (κ3) is 3.76. The topological polar surface area (TPSA) is 57.2 Å². The molecule has 2 aromatic carbocycles. The van der Waals surface area contributed by atoms with Gasteiger partial charge in [0.25, 0.3) is 0 Å². The summed E-state index contributed by atoms with van der Waals surface area (Å²) in [6.07, 6.45) is -1.67. The third-order valence-corrected chi connectivity index (χ3v) is 4.56. The molecule has 5 heteroatoms. The molecule has 2 heterocycles. The number of rotatable bonds is 3. The van der Waals surface area contributed by atoms with Crippen LogP contribution in [0.5, 0.6) is 0 Å². The number of ether oxygens (including phenoxy) is 4. The molecule has 132 valence electrons. The van der Waals surface area contributed by atoms with E-state index in [0.29, 0.717) is 13.0 Å². The molecule has 2 saturated heterocycles. The van der Waals surface area contributed by atoms with Crippen LogP contribution in [0.3, 0.4) is 0 Å². The highest BCUT2D eigenvalue weighted by Crippen LogP contribution is 2.34. The zero-order chi connectivity index (χ0) is 17.1. The Morgan fingerprint density at radius 2 is 1.36 bits per heavy atom. The van der Waals surface area contributed by atoms with Crippen molar-refractivity contribution in [3.8, 4) is 0 Å². The lowest BCUT2D eigenvalue weighted by Crippen LogP contribution is -2.50. The minimum Gasteiger partial charge on any atom is -0.388 e. The smallest absolute Gasteiger partial charge is 0.184 e. The van der Waals surface area contributed by atoms with Gasteiger partial charge >= 0.3 is 0 Å². The molecule has 0 radical (unpaired) electrons. The lowest BCUT2D eigenvalue weighted by Gasteiger charge is -2.41. The lowest BCUT2D eigenvalue weighted by atomic mass is 10.0. The highest BCUT2D eigenvalue weighted by atomic mass is 16.7. The van der Waals surface area contributed by atoms with Gasteiger partial charge in [-0.15, -0.1) is 0 Å². The van der Waals surface area contributed by atoms with Crippen molar-refractivity contribution in [1.82, 2.24) is 0 Å². The Kier molecular flexibility index (Phi) is 5.10. The summed E-state index contributed by atoms with van der Waals surface area (Å²) in [5.41, 5.74) is 1.90. The van der Waals surface area contributed by atoms with Crippen LogP contribution in [-0.4, -0.2) is 36.6 Å². The summed E-state index contributed by atoms with van der Waals surface area (Å²) in [6, 6.07) is 19.6. The maximum Gasteiger partial charge on any atom is 0.184 e. The lowest BCUT2D eigenvalue weighted by molar-refractivity contribution is -0.312. The van der Waals surface area contributed by atoms with E-state index < -0.39 is 24.8 Å². The van der Waals surface area contributed by atoms with E-state index >= 15 is 0 Å². The molecule has 0 aromatic heterocycles. The fraction of sp³-hybridized carbons (Fsp3) is 0.400. The van der Waals surface area contributed by atoms with Crippen LogP contribution >= 0.6 is 0 Å². The second-order valence-electron chi connectivity index (χ2n) is 6.32. The highest BCUT2D eigenvalue weighted by Gasteiger charge is 2.40. The van der Waals surface area contributed by atoms with Crippen molar-refractivity contribution in [2.24, 2.45) is 0 Å². The van der Waals surface area contributed by atoms with Gasteiger partial charge in [-0.05, 0) is 6.42 Å². The van der Waals surface area contributed by atoms with E-state index in [-0.39, 0.29) is 12.7 Å². The quantitative estimate of drug-likeness (QED) is 0.929. The van der Waals surface area contributed by atoms with Gasteiger partial charge in [-0.3, -0.25) is 0 Å². The Hall–Kier alpha value is -1.76. The van der Waals surface area contributed by atoms with Crippen molar-refractivity contribution in [1.29, 1.82) is 0 Å². The van der Waals surface area contributed by atoms with Crippen molar-refractivity contribution in [2.75, 3.05) is 13.2 Å². The molecule has 0 spiro atoms. The molecule has 0 saturated carbocycles. The molecule has 2 aromatic rings. The fourth-order valence-electron chi connectivity index (χ4n) is 3.26. The first-order valence-electron chi connectivity index (χ1n) is 8.63. The largest absolute Gasteiger partial charge is 0.388 e. The van der Waals surface area contributed by atoms with Gasteiger partial charge in [0.15, 0.2) is 12.6 Å². The molecule has 2 aliphatic rings. The molecule has 5 atom stereocenters. The van der Waals surface area contributed by atoms with Crippen LogP contribution in [0.15, 0.2) is 60.7 Å². The SMILES string of the molecule is O[C@H]1CO[C@@H](c2ccccc2)OC1C1CCO[C@@H](c2ccccc2)O1.